The summed E-state index contributed by atoms with van der Waals surface area (Å²) < 4.78 is 5.29. The summed E-state index contributed by atoms with van der Waals surface area (Å²) in [5.41, 5.74) is 2.39. The van der Waals surface area contributed by atoms with Gasteiger partial charge in [-0.1, -0.05) is 24.3 Å². The molecule has 4 heteroatoms. The van der Waals surface area contributed by atoms with E-state index in [-0.39, 0.29) is 12.1 Å². The van der Waals surface area contributed by atoms with E-state index in [1.807, 2.05) is 27.7 Å². The summed E-state index contributed by atoms with van der Waals surface area (Å²) in [5, 5.41) is 2.90. The van der Waals surface area contributed by atoms with Crippen molar-refractivity contribution in [1.29, 1.82) is 0 Å². The molecule has 1 amide bonds. The SMILES string of the molecule is C[C@H](CN1CCc2ccccc2C1)NC(=O)OC(C)(C)C. The van der Waals surface area contributed by atoms with Crippen LogP contribution in [0.5, 0.6) is 0 Å². The number of nitrogens with zero attached hydrogens (tertiary/aromatic N) is 1. The van der Waals surface area contributed by atoms with E-state index in [4.69, 9.17) is 4.74 Å². The highest BCUT2D eigenvalue weighted by Gasteiger charge is 2.21. The molecule has 0 radical (unpaired) electrons. The maximum absolute atomic E-state index is 11.8. The van der Waals surface area contributed by atoms with Crippen LogP contribution in [-0.2, 0) is 17.7 Å². The fourth-order valence-corrected chi connectivity index (χ4v) is 2.65. The molecule has 1 aliphatic rings. The van der Waals surface area contributed by atoms with Crippen LogP contribution in [-0.4, -0.2) is 35.7 Å². The summed E-state index contributed by atoms with van der Waals surface area (Å²) >= 11 is 0. The molecule has 0 saturated heterocycles. The minimum Gasteiger partial charge on any atom is -0.444 e. The third-order valence-corrected chi connectivity index (χ3v) is 3.50. The first kappa shape index (κ1) is 15.8. The van der Waals surface area contributed by atoms with Crippen molar-refractivity contribution < 1.29 is 9.53 Å². The zero-order valence-electron chi connectivity index (χ0n) is 13.5. The standard InChI is InChI=1S/C17H26N2O2/c1-13(18-16(20)21-17(2,3)4)11-19-10-9-14-7-5-6-8-15(14)12-19/h5-8,13H,9-12H2,1-4H3,(H,18,20)/t13-/m1/s1. The number of hydrogen-bond donors (Lipinski definition) is 1. The minimum absolute atomic E-state index is 0.0742. The summed E-state index contributed by atoms with van der Waals surface area (Å²) in [5.74, 6) is 0. The fourth-order valence-electron chi connectivity index (χ4n) is 2.65. The Morgan fingerprint density at radius 2 is 2.00 bits per heavy atom. The van der Waals surface area contributed by atoms with Crippen LogP contribution < -0.4 is 5.32 Å². The van der Waals surface area contributed by atoms with Gasteiger partial charge in [-0.25, -0.2) is 4.79 Å². The van der Waals surface area contributed by atoms with Crippen molar-refractivity contribution in [2.75, 3.05) is 13.1 Å². The van der Waals surface area contributed by atoms with Gasteiger partial charge in [-0.3, -0.25) is 4.90 Å². The molecule has 0 aliphatic carbocycles. The molecular formula is C17H26N2O2. The maximum Gasteiger partial charge on any atom is 0.407 e. The molecule has 0 spiro atoms. The Bertz CT molecular complexity index is 494. The number of rotatable bonds is 3. The second-order valence-electron chi connectivity index (χ2n) is 6.80. The van der Waals surface area contributed by atoms with Gasteiger partial charge < -0.3 is 10.1 Å². The van der Waals surface area contributed by atoms with E-state index >= 15 is 0 Å². The summed E-state index contributed by atoms with van der Waals surface area (Å²) in [7, 11) is 0. The van der Waals surface area contributed by atoms with E-state index in [1.54, 1.807) is 0 Å². The molecule has 0 saturated carbocycles. The molecule has 1 heterocycles. The van der Waals surface area contributed by atoms with Gasteiger partial charge in [0.1, 0.15) is 5.60 Å². The lowest BCUT2D eigenvalue weighted by Gasteiger charge is -2.31. The average Bonchev–Trinajstić information content (AvgIpc) is 2.35. The van der Waals surface area contributed by atoms with E-state index in [1.165, 1.54) is 11.1 Å². The molecule has 2 rings (SSSR count). The summed E-state index contributed by atoms with van der Waals surface area (Å²) in [6.45, 7) is 10.5. The normalized spacial score (nSPS) is 17.0. The molecule has 1 aliphatic heterocycles. The minimum atomic E-state index is -0.451. The van der Waals surface area contributed by atoms with Crippen molar-refractivity contribution in [3.63, 3.8) is 0 Å². The average molecular weight is 290 g/mol. The van der Waals surface area contributed by atoms with Gasteiger partial charge >= 0.3 is 6.09 Å². The van der Waals surface area contributed by atoms with Gasteiger partial charge in [-0.15, -0.1) is 0 Å². The van der Waals surface area contributed by atoms with Crippen molar-refractivity contribution in [3.8, 4) is 0 Å². The van der Waals surface area contributed by atoms with Gasteiger partial charge in [-0.2, -0.15) is 0 Å². The van der Waals surface area contributed by atoms with Crippen molar-refractivity contribution in [3.05, 3.63) is 35.4 Å². The van der Waals surface area contributed by atoms with E-state index in [0.717, 1.165) is 26.1 Å². The zero-order chi connectivity index (χ0) is 15.5. The predicted octanol–water partition coefficient (Wildman–Crippen LogP) is 2.96. The van der Waals surface area contributed by atoms with E-state index in [9.17, 15) is 4.79 Å². The Labute approximate surface area is 127 Å². The molecule has 1 N–H and O–H groups in total. The number of benzene rings is 1. The molecule has 1 aromatic carbocycles. The van der Waals surface area contributed by atoms with Crippen LogP contribution >= 0.6 is 0 Å². The van der Waals surface area contributed by atoms with Gasteiger partial charge in [0.25, 0.3) is 0 Å². The van der Waals surface area contributed by atoms with Gasteiger partial charge in [0.05, 0.1) is 0 Å². The summed E-state index contributed by atoms with van der Waals surface area (Å²) in [4.78, 5) is 14.1. The van der Waals surface area contributed by atoms with Crippen molar-refractivity contribution in [2.24, 2.45) is 0 Å². The molecule has 116 valence electrons. The van der Waals surface area contributed by atoms with Crippen molar-refractivity contribution in [2.45, 2.75) is 52.3 Å². The van der Waals surface area contributed by atoms with E-state index in [0.29, 0.717) is 0 Å². The van der Waals surface area contributed by atoms with Crippen LogP contribution in [0.3, 0.4) is 0 Å². The Morgan fingerprint density at radius 3 is 2.67 bits per heavy atom. The number of alkyl carbamates (subject to hydrolysis) is 1. The zero-order valence-corrected chi connectivity index (χ0v) is 13.5. The van der Waals surface area contributed by atoms with Crippen LogP contribution in [0.2, 0.25) is 0 Å². The topological polar surface area (TPSA) is 41.6 Å². The van der Waals surface area contributed by atoms with E-state index < -0.39 is 5.60 Å². The molecule has 0 aromatic heterocycles. The van der Waals surface area contributed by atoms with Crippen LogP contribution in [0, 0.1) is 0 Å². The first-order chi connectivity index (χ1) is 9.83. The monoisotopic (exact) mass is 290 g/mol. The first-order valence-corrected chi connectivity index (χ1v) is 7.62. The lowest BCUT2D eigenvalue weighted by Crippen LogP contribution is -2.45. The molecule has 0 unspecified atom stereocenters. The Kier molecular flexibility index (Phi) is 4.88. The van der Waals surface area contributed by atoms with Gasteiger partial charge in [0.2, 0.25) is 0 Å². The molecular weight excluding hydrogens is 264 g/mol. The van der Waals surface area contributed by atoms with Crippen molar-refractivity contribution >= 4 is 6.09 Å². The highest BCUT2D eigenvalue weighted by molar-refractivity contribution is 5.68. The molecule has 21 heavy (non-hydrogen) atoms. The van der Waals surface area contributed by atoms with Crippen LogP contribution in [0.25, 0.3) is 0 Å². The molecule has 0 fully saturated rings. The van der Waals surface area contributed by atoms with Crippen LogP contribution in [0.15, 0.2) is 24.3 Å². The summed E-state index contributed by atoms with van der Waals surface area (Å²) in [6.07, 6.45) is 0.738. The predicted molar refractivity (Wildman–Crippen MR) is 84.3 cm³/mol. The number of ether oxygens (including phenoxy) is 1. The number of fused-ring (bicyclic) bond motifs is 1. The van der Waals surface area contributed by atoms with Crippen LogP contribution in [0.1, 0.15) is 38.8 Å². The third-order valence-electron chi connectivity index (χ3n) is 3.50. The quantitative estimate of drug-likeness (QED) is 0.930. The smallest absolute Gasteiger partial charge is 0.407 e. The Morgan fingerprint density at radius 1 is 1.33 bits per heavy atom. The van der Waals surface area contributed by atoms with Gasteiger partial charge in [0, 0.05) is 25.7 Å². The highest BCUT2D eigenvalue weighted by Crippen LogP contribution is 2.18. The second kappa shape index (κ2) is 6.48. The third kappa shape index (κ3) is 5.05. The first-order valence-electron chi connectivity index (χ1n) is 7.62. The maximum atomic E-state index is 11.8. The molecule has 0 bridgehead atoms. The molecule has 1 aromatic rings. The molecule has 4 nitrogen and oxygen atoms in total. The highest BCUT2D eigenvalue weighted by atomic mass is 16.6. The van der Waals surface area contributed by atoms with E-state index in [2.05, 4.69) is 34.5 Å². The van der Waals surface area contributed by atoms with Gasteiger partial charge in [-0.05, 0) is 45.2 Å². The number of carbonyl (C=O) groups is 1. The number of carbonyl (C=O) groups excluding carboxylic acids is 1. The van der Waals surface area contributed by atoms with Crippen molar-refractivity contribution in [1.82, 2.24) is 10.2 Å². The molecule has 1 atom stereocenters. The second-order valence-corrected chi connectivity index (χ2v) is 6.80. The summed E-state index contributed by atoms with van der Waals surface area (Å²) in [6, 6.07) is 8.65. The Hall–Kier alpha value is -1.55. The number of amides is 1. The fraction of sp³-hybridized carbons (Fsp3) is 0.588. The van der Waals surface area contributed by atoms with Gasteiger partial charge in [0.15, 0.2) is 0 Å². The number of nitrogens with one attached hydrogen (secondary N) is 1. The lowest BCUT2D eigenvalue weighted by atomic mass is 10.00. The largest absolute Gasteiger partial charge is 0.444 e. The number of hydrogen-bond acceptors (Lipinski definition) is 3. The lowest BCUT2D eigenvalue weighted by molar-refractivity contribution is 0.0495. The van der Waals surface area contributed by atoms with Crippen LogP contribution in [0.4, 0.5) is 4.79 Å². The Balaban J connectivity index is 1.82.